The second kappa shape index (κ2) is 4.72. The van der Waals surface area contributed by atoms with Crippen LogP contribution < -0.4 is 5.73 Å². The highest BCUT2D eigenvalue weighted by molar-refractivity contribution is 5.86. The number of nitrogens with two attached hydrogens (primary N) is 1. The number of nitrogens with zero attached hydrogens (tertiary/aromatic N) is 1. The van der Waals surface area contributed by atoms with Gasteiger partial charge in [-0.1, -0.05) is 13.3 Å². The lowest BCUT2D eigenvalue weighted by Crippen LogP contribution is -2.57. The number of amides is 1. The van der Waals surface area contributed by atoms with Crippen LogP contribution in [-0.2, 0) is 9.53 Å². The van der Waals surface area contributed by atoms with Crippen LogP contribution in [0.1, 0.15) is 32.6 Å². The van der Waals surface area contributed by atoms with Gasteiger partial charge in [0, 0.05) is 19.7 Å². The molecule has 0 saturated carbocycles. The Balaban J connectivity index is 1.91. The van der Waals surface area contributed by atoms with Gasteiger partial charge in [0.2, 0.25) is 5.91 Å². The molecule has 0 aromatic rings. The molecular weight excluding hydrogens is 204 g/mol. The van der Waals surface area contributed by atoms with Crippen LogP contribution in [0.15, 0.2) is 0 Å². The van der Waals surface area contributed by atoms with Crippen molar-refractivity contribution in [2.45, 2.75) is 38.1 Å². The fourth-order valence-electron chi connectivity index (χ4n) is 2.61. The van der Waals surface area contributed by atoms with E-state index in [1.807, 2.05) is 4.90 Å². The first kappa shape index (κ1) is 11.9. The predicted octanol–water partition coefficient (Wildman–Crippen LogP) is 0.753. The van der Waals surface area contributed by atoms with Gasteiger partial charge < -0.3 is 15.4 Å². The molecule has 2 fully saturated rings. The summed E-state index contributed by atoms with van der Waals surface area (Å²) in [6, 6.07) is 0. The van der Waals surface area contributed by atoms with Crippen LogP contribution in [0.4, 0.5) is 0 Å². The molecule has 2 saturated heterocycles. The Morgan fingerprint density at radius 1 is 1.50 bits per heavy atom. The van der Waals surface area contributed by atoms with Gasteiger partial charge in [-0.3, -0.25) is 4.79 Å². The maximum absolute atomic E-state index is 12.2. The molecule has 0 aromatic heterocycles. The van der Waals surface area contributed by atoms with Gasteiger partial charge in [0.05, 0.1) is 6.61 Å². The van der Waals surface area contributed by atoms with Crippen molar-refractivity contribution in [3.63, 3.8) is 0 Å². The molecule has 0 bridgehead atoms. The molecule has 2 aliphatic heterocycles. The largest absolute Gasteiger partial charge is 0.379 e. The normalized spacial score (nSPS) is 32.0. The van der Waals surface area contributed by atoms with Crippen molar-refractivity contribution in [3.8, 4) is 0 Å². The molecule has 1 unspecified atom stereocenters. The Morgan fingerprint density at radius 2 is 2.19 bits per heavy atom. The summed E-state index contributed by atoms with van der Waals surface area (Å²) in [6.07, 6.45) is 4.14. The third kappa shape index (κ3) is 2.23. The summed E-state index contributed by atoms with van der Waals surface area (Å²) in [7, 11) is 0. The summed E-state index contributed by atoms with van der Waals surface area (Å²) < 4.78 is 5.24. The fraction of sp³-hybridized carbons (Fsp3) is 0.917. The smallest absolute Gasteiger partial charge is 0.245 e. The zero-order chi connectivity index (χ0) is 11.6. The maximum Gasteiger partial charge on any atom is 0.245 e. The van der Waals surface area contributed by atoms with E-state index >= 15 is 0 Å². The van der Waals surface area contributed by atoms with Crippen molar-refractivity contribution in [3.05, 3.63) is 0 Å². The molecule has 0 aliphatic carbocycles. The maximum atomic E-state index is 12.2. The van der Waals surface area contributed by atoms with Crippen LogP contribution in [0, 0.1) is 5.92 Å². The van der Waals surface area contributed by atoms with Gasteiger partial charge in [-0.15, -0.1) is 0 Å². The molecule has 16 heavy (non-hydrogen) atoms. The minimum absolute atomic E-state index is 0.0968. The summed E-state index contributed by atoms with van der Waals surface area (Å²) in [6.45, 7) is 4.97. The SMILES string of the molecule is CCC1CCN(C(=O)C2(N)CCOC2)CC1. The summed E-state index contributed by atoms with van der Waals surface area (Å²) in [5.41, 5.74) is 5.35. The van der Waals surface area contributed by atoms with Crippen molar-refractivity contribution < 1.29 is 9.53 Å². The van der Waals surface area contributed by atoms with Gasteiger partial charge in [-0.05, 0) is 25.2 Å². The topological polar surface area (TPSA) is 55.6 Å². The van der Waals surface area contributed by atoms with E-state index in [-0.39, 0.29) is 5.91 Å². The third-order valence-electron chi connectivity index (χ3n) is 3.96. The molecule has 2 aliphatic rings. The van der Waals surface area contributed by atoms with E-state index in [4.69, 9.17) is 10.5 Å². The second-order valence-corrected chi connectivity index (χ2v) is 5.10. The standard InChI is InChI=1S/C12H22N2O2/c1-2-10-3-6-14(7-4-10)11(15)12(13)5-8-16-9-12/h10H,2-9,13H2,1H3. The van der Waals surface area contributed by atoms with E-state index in [9.17, 15) is 4.79 Å². The van der Waals surface area contributed by atoms with Crippen LogP contribution in [0.25, 0.3) is 0 Å². The minimum atomic E-state index is -0.737. The first-order valence-corrected chi connectivity index (χ1v) is 6.32. The van der Waals surface area contributed by atoms with E-state index in [1.54, 1.807) is 0 Å². The highest BCUT2D eigenvalue weighted by atomic mass is 16.5. The number of ether oxygens (including phenoxy) is 1. The van der Waals surface area contributed by atoms with Crippen LogP contribution in [0.5, 0.6) is 0 Å². The van der Waals surface area contributed by atoms with Gasteiger partial charge in [-0.2, -0.15) is 0 Å². The van der Waals surface area contributed by atoms with E-state index in [1.165, 1.54) is 6.42 Å². The molecule has 1 amide bonds. The Labute approximate surface area is 97.1 Å². The molecule has 0 radical (unpaired) electrons. The van der Waals surface area contributed by atoms with Crippen molar-refractivity contribution in [2.75, 3.05) is 26.3 Å². The van der Waals surface area contributed by atoms with E-state index in [2.05, 4.69) is 6.92 Å². The fourth-order valence-corrected chi connectivity index (χ4v) is 2.61. The molecule has 2 heterocycles. The molecule has 4 nitrogen and oxygen atoms in total. The molecule has 0 spiro atoms. The zero-order valence-electron chi connectivity index (χ0n) is 10.1. The number of likely N-dealkylation sites (tertiary alicyclic amines) is 1. The summed E-state index contributed by atoms with van der Waals surface area (Å²) in [5.74, 6) is 0.886. The Hall–Kier alpha value is -0.610. The van der Waals surface area contributed by atoms with Gasteiger partial charge >= 0.3 is 0 Å². The van der Waals surface area contributed by atoms with E-state index < -0.39 is 5.54 Å². The highest BCUT2D eigenvalue weighted by Gasteiger charge is 2.41. The second-order valence-electron chi connectivity index (χ2n) is 5.10. The number of rotatable bonds is 2. The molecule has 2 N–H and O–H groups in total. The van der Waals surface area contributed by atoms with Crippen LogP contribution in [-0.4, -0.2) is 42.6 Å². The van der Waals surface area contributed by atoms with E-state index in [0.717, 1.165) is 31.8 Å². The number of hydrogen-bond donors (Lipinski definition) is 1. The lowest BCUT2D eigenvalue weighted by atomic mass is 9.91. The Morgan fingerprint density at radius 3 is 2.69 bits per heavy atom. The summed E-state index contributed by atoms with van der Waals surface area (Å²) >= 11 is 0. The molecule has 1 atom stereocenters. The number of carbonyl (C=O) groups excluding carboxylic acids is 1. The molecule has 2 rings (SSSR count). The van der Waals surface area contributed by atoms with Gasteiger partial charge in [0.15, 0.2) is 0 Å². The van der Waals surface area contributed by atoms with Gasteiger partial charge in [0.25, 0.3) is 0 Å². The van der Waals surface area contributed by atoms with E-state index in [0.29, 0.717) is 19.6 Å². The average Bonchev–Trinajstić information content (AvgIpc) is 2.77. The lowest BCUT2D eigenvalue weighted by molar-refractivity contribution is -0.138. The van der Waals surface area contributed by atoms with Crippen molar-refractivity contribution in [2.24, 2.45) is 11.7 Å². The molecule has 92 valence electrons. The minimum Gasteiger partial charge on any atom is -0.379 e. The highest BCUT2D eigenvalue weighted by Crippen LogP contribution is 2.24. The Bertz CT molecular complexity index is 254. The van der Waals surface area contributed by atoms with Gasteiger partial charge in [-0.25, -0.2) is 0 Å². The van der Waals surface area contributed by atoms with Crippen molar-refractivity contribution >= 4 is 5.91 Å². The summed E-state index contributed by atoms with van der Waals surface area (Å²) in [5, 5.41) is 0. The number of hydrogen-bond acceptors (Lipinski definition) is 3. The quantitative estimate of drug-likeness (QED) is 0.756. The van der Waals surface area contributed by atoms with Crippen LogP contribution >= 0.6 is 0 Å². The van der Waals surface area contributed by atoms with Crippen molar-refractivity contribution in [1.82, 2.24) is 4.90 Å². The first-order chi connectivity index (χ1) is 7.65. The molecular formula is C12H22N2O2. The monoisotopic (exact) mass is 226 g/mol. The van der Waals surface area contributed by atoms with Crippen LogP contribution in [0.2, 0.25) is 0 Å². The molecule has 0 aromatic carbocycles. The lowest BCUT2D eigenvalue weighted by Gasteiger charge is -2.36. The number of carbonyl (C=O) groups is 1. The van der Waals surface area contributed by atoms with Gasteiger partial charge in [0.1, 0.15) is 5.54 Å². The first-order valence-electron chi connectivity index (χ1n) is 6.32. The number of piperidine rings is 1. The Kier molecular flexibility index (Phi) is 3.50. The van der Waals surface area contributed by atoms with Crippen molar-refractivity contribution in [1.29, 1.82) is 0 Å². The van der Waals surface area contributed by atoms with Crippen LogP contribution in [0.3, 0.4) is 0 Å². The summed E-state index contributed by atoms with van der Waals surface area (Å²) in [4.78, 5) is 14.2. The predicted molar refractivity (Wildman–Crippen MR) is 61.9 cm³/mol. The average molecular weight is 226 g/mol. The molecule has 4 heteroatoms. The zero-order valence-corrected chi connectivity index (χ0v) is 10.1. The third-order valence-corrected chi connectivity index (χ3v) is 3.96.